The molecule has 2 aromatic carbocycles. The molecular weight excluding hydrogens is 466 g/mol. The second kappa shape index (κ2) is 11.4. The molecule has 7 heteroatoms. The van der Waals surface area contributed by atoms with Crippen LogP contribution in [0.1, 0.15) is 36.6 Å². The molecule has 1 aliphatic rings. The van der Waals surface area contributed by atoms with E-state index in [1.807, 2.05) is 72.9 Å². The number of hydrogen-bond donors (Lipinski definition) is 0. The average molecular weight is 494 g/mol. The summed E-state index contributed by atoms with van der Waals surface area (Å²) in [4.78, 5) is 11.6. The molecule has 0 N–H and O–H groups in total. The number of nitrogens with zero attached hydrogens (tertiary/aromatic N) is 3. The topological polar surface area (TPSA) is 51.4 Å². The zero-order valence-electron chi connectivity index (χ0n) is 19.0. The summed E-state index contributed by atoms with van der Waals surface area (Å²) >= 11 is 7.80. The predicted octanol–water partition coefficient (Wildman–Crippen LogP) is 6.63. The number of benzene rings is 2. The maximum atomic E-state index is 6.61. The van der Waals surface area contributed by atoms with Crippen LogP contribution < -0.4 is 0 Å². The molecule has 5 nitrogen and oxygen atoms in total. The summed E-state index contributed by atoms with van der Waals surface area (Å²) < 4.78 is 12.4. The van der Waals surface area contributed by atoms with Gasteiger partial charge in [-0.15, -0.1) is 0 Å². The first kappa shape index (κ1) is 23.4. The Morgan fingerprint density at radius 3 is 2.59 bits per heavy atom. The van der Waals surface area contributed by atoms with Crippen molar-refractivity contribution in [2.45, 2.75) is 36.7 Å². The van der Waals surface area contributed by atoms with Crippen molar-refractivity contribution in [1.29, 1.82) is 0 Å². The smallest absolute Gasteiger partial charge is 0.256 e. The van der Waals surface area contributed by atoms with Crippen molar-refractivity contribution in [3.8, 4) is 0 Å². The Labute approximate surface area is 209 Å². The van der Waals surface area contributed by atoms with Crippen LogP contribution in [0, 0.1) is 0 Å². The van der Waals surface area contributed by atoms with Gasteiger partial charge in [-0.25, -0.2) is 4.98 Å². The van der Waals surface area contributed by atoms with E-state index >= 15 is 0 Å². The highest BCUT2D eigenvalue weighted by atomic mass is 35.5. The predicted molar refractivity (Wildman–Crippen MR) is 137 cm³/mol. The minimum Gasteiger partial charge on any atom is -0.431 e. The number of oxazole rings is 1. The molecule has 3 heterocycles. The minimum absolute atomic E-state index is 0.178. The SMILES string of the molecule is Clc1ccc(C(OC2CCN(CCCSc3nc4ccccc4o3)CC2)c2ccccn2)cc1. The molecule has 1 aliphatic heterocycles. The van der Waals surface area contributed by atoms with Crippen LogP contribution in [0.5, 0.6) is 0 Å². The van der Waals surface area contributed by atoms with Gasteiger partial charge in [0.1, 0.15) is 11.6 Å². The van der Waals surface area contributed by atoms with Crippen molar-refractivity contribution in [2.75, 3.05) is 25.4 Å². The summed E-state index contributed by atoms with van der Waals surface area (Å²) in [5, 5.41) is 1.49. The molecular formula is C27H28ClN3O2S. The summed E-state index contributed by atoms with van der Waals surface area (Å²) in [6.07, 6.45) is 5.01. The van der Waals surface area contributed by atoms with Gasteiger partial charge in [0.25, 0.3) is 5.22 Å². The van der Waals surface area contributed by atoms with Crippen molar-refractivity contribution in [3.05, 3.63) is 89.2 Å². The lowest BCUT2D eigenvalue weighted by Crippen LogP contribution is -2.38. The molecule has 34 heavy (non-hydrogen) atoms. The van der Waals surface area contributed by atoms with Crippen LogP contribution in [-0.4, -0.2) is 46.4 Å². The molecule has 1 saturated heterocycles. The largest absolute Gasteiger partial charge is 0.431 e. The molecule has 1 atom stereocenters. The zero-order valence-corrected chi connectivity index (χ0v) is 20.5. The molecule has 0 spiro atoms. The monoisotopic (exact) mass is 493 g/mol. The first-order valence-corrected chi connectivity index (χ1v) is 13.1. The number of hydrogen-bond acceptors (Lipinski definition) is 6. The second-order valence-electron chi connectivity index (χ2n) is 8.51. The molecule has 2 aromatic heterocycles. The summed E-state index contributed by atoms with van der Waals surface area (Å²) in [6, 6.07) is 21.8. The average Bonchev–Trinajstić information content (AvgIpc) is 3.30. The van der Waals surface area contributed by atoms with Crippen LogP contribution in [-0.2, 0) is 4.74 Å². The van der Waals surface area contributed by atoms with Crippen molar-refractivity contribution < 1.29 is 9.15 Å². The highest BCUT2D eigenvalue weighted by molar-refractivity contribution is 7.99. The lowest BCUT2D eigenvalue weighted by atomic mass is 10.0. The maximum absolute atomic E-state index is 6.61. The number of thioether (sulfide) groups is 1. The van der Waals surface area contributed by atoms with E-state index in [1.165, 1.54) is 0 Å². The third-order valence-corrected chi connectivity index (χ3v) is 7.28. The van der Waals surface area contributed by atoms with E-state index < -0.39 is 0 Å². The number of halogens is 1. The summed E-state index contributed by atoms with van der Waals surface area (Å²) in [5.41, 5.74) is 3.80. The number of piperidine rings is 1. The number of aromatic nitrogens is 2. The molecule has 1 unspecified atom stereocenters. The lowest BCUT2D eigenvalue weighted by Gasteiger charge is -2.34. The molecule has 0 radical (unpaired) electrons. The molecule has 0 amide bonds. The van der Waals surface area contributed by atoms with Crippen LogP contribution in [0.15, 0.2) is 82.6 Å². The lowest BCUT2D eigenvalue weighted by molar-refractivity contribution is -0.0284. The van der Waals surface area contributed by atoms with Gasteiger partial charge in [0, 0.05) is 30.1 Å². The number of likely N-dealkylation sites (tertiary alicyclic amines) is 1. The first-order valence-electron chi connectivity index (χ1n) is 11.8. The zero-order chi connectivity index (χ0) is 23.2. The first-order chi connectivity index (χ1) is 16.7. The van der Waals surface area contributed by atoms with Gasteiger partial charge in [-0.05, 0) is 67.8 Å². The Kier molecular flexibility index (Phi) is 7.81. The van der Waals surface area contributed by atoms with Gasteiger partial charge in [-0.3, -0.25) is 4.98 Å². The number of para-hydroxylation sites is 2. The van der Waals surface area contributed by atoms with Crippen LogP contribution in [0.25, 0.3) is 11.1 Å². The van der Waals surface area contributed by atoms with Gasteiger partial charge >= 0.3 is 0 Å². The molecule has 0 bridgehead atoms. The summed E-state index contributed by atoms with van der Waals surface area (Å²) in [7, 11) is 0. The van der Waals surface area contributed by atoms with Gasteiger partial charge in [0.05, 0.1) is 11.8 Å². The van der Waals surface area contributed by atoms with E-state index in [4.69, 9.17) is 20.8 Å². The molecule has 0 aliphatic carbocycles. The Bertz CT molecular complexity index is 1140. The Morgan fingerprint density at radius 2 is 1.82 bits per heavy atom. The molecule has 176 valence electrons. The summed E-state index contributed by atoms with van der Waals surface area (Å²) in [5.74, 6) is 1.00. The standard InChI is InChI=1S/C27H28ClN3O2S/c28-21-11-9-20(10-12-21)26(24-7-3-4-15-29-24)32-22-13-17-31(18-14-22)16-5-19-34-27-30-23-6-1-2-8-25(23)33-27/h1-4,6-12,15,22,26H,5,13-14,16-19H2. The second-order valence-corrected chi connectivity index (χ2v) is 10.00. The van der Waals surface area contributed by atoms with E-state index in [-0.39, 0.29) is 12.2 Å². The summed E-state index contributed by atoms with van der Waals surface area (Å²) in [6.45, 7) is 3.18. The molecule has 0 saturated carbocycles. The van der Waals surface area contributed by atoms with Gasteiger partial charge in [-0.2, -0.15) is 0 Å². The van der Waals surface area contributed by atoms with Crippen LogP contribution in [0.4, 0.5) is 0 Å². The Hall–Kier alpha value is -2.38. The van der Waals surface area contributed by atoms with E-state index in [0.29, 0.717) is 0 Å². The van der Waals surface area contributed by atoms with Gasteiger partial charge in [0.2, 0.25) is 0 Å². The third-order valence-electron chi connectivity index (χ3n) is 6.11. The van der Waals surface area contributed by atoms with Gasteiger partial charge in [0.15, 0.2) is 5.58 Å². The van der Waals surface area contributed by atoms with Crippen molar-refractivity contribution in [3.63, 3.8) is 0 Å². The third kappa shape index (κ3) is 5.99. The Morgan fingerprint density at radius 1 is 1.03 bits per heavy atom. The number of ether oxygens (including phenoxy) is 1. The van der Waals surface area contributed by atoms with Gasteiger partial charge in [-0.1, -0.05) is 53.7 Å². The van der Waals surface area contributed by atoms with Crippen LogP contribution in [0.3, 0.4) is 0 Å². The van der Waals surface area contributed by atoms with Crippen LogP contribution in [0.2, 0.25) is 5.02 Å². The Balaban J connectivity index is 1.09. The van der Waals surface area contributed by atoms with Crippen molar-refractivity contribution in [1.82, 2.24) is 14.9 Å². The molecule has 4 aromatic rings. The number of fused-ring (bicyclic) bond motifs is 1. The van der Waals surface area contributed by atoms with Crippen molar-refractivity contribution in [2.24, 2.45) is 0 Å². The highest BCUT2D eigenvalue weighted by Crippen LogP contribution is 2.30. The molecule has 5 rings (SSSR count). The normalized spacial score (nSPS) is 16.1. The fraction of sp³-hybridized carbons (Fsp3) is 0.333. The fourth-order valence-electron chi connectivity index (χ4n) is 4.31. The van der Waals surface area contributed by atoms with Crippen molar-refractivity contribution >= 4 is 34.5 Å². The van der Waals surface area contributed by atoms with Crippen LogP contribution >= 0.6 is 23.4 Å². The van der Waals surface area contributed by atoms with E-state index in [2.05, 4.69) is 14.9 Å². The van der Waals surface area contributed by atoms with Gasteiger partial charge < -0.3 is 14.1 Å². The highest BCUT2D eigenvalue weighted by Gasteiger charge is 2.25. The fourth-order valence-corrected chi connectivity index (χ4v) is 5.20. The number of rotatable bonds is 9. The maximum Gasteiger partial charge on any atom is 0.256 e. The van der Waals surface area contributed by atoms with E-state index in [9.17, 15) is 0 Å². The molecule has 1 fully saturated rings. The minimum atomic E-state index is -0.178. The number of pyridine rings is 1. The van der Waals surface area contributed by atoms with E-state index in [1.54, 1.807) is 11.8 Å². The van der Waals surface area contributed by atoms with E-state index in [0.717, 1.165) is 77.3 Å². The quantitative estimate of drug-likeness (QED) is 0.193.